The summed E-state index contributed by atoms with van der Waals surface area (Å²) in [5.74, 6) is 1.25. The van der Waals surface area contributed by atoms with Gasteiger partial charge in [0.05, 0.1) is 6.61 Å². The highest BCUT2D eigenvalue weighted by Crippen LogP contribution is 2.32. The highest BCUT2D eigenvalue weighted by molar-refractivity contribution is 5.86. The van der Waals surface area contributed by atoms with Gasteiger partial charge in [-0.15, -0.1) is 0 Å². The molecule has 7 nitrogen and oxygen atoms in total. The molecule has 29 heavy (non-hydrogen) atoms. The van der Waals surface area contributed by atoms with Gasteiger partial charge in [-0.2, -0.15) is 0 Å². The lowest BCUT2D eigenvalue weighted by Gasteiger charge is -2.46. The van der Waals surface area contributed by atoms with E-state index in [1.54, 1.807) is 4.90 Å². The van der Waals surface area contributed by atoms with Gasteiger partial charge in [0.25, 0.3) is 11.8 Å². The number of hydrogen-bond acceptors (Lipinski definition) is 5. The zero-order valence-electron chi connectivity index (χ0n) is 16.9. The van der Waals surface area contributed by atoms with Crippen LogP contribution in [-0.2, 0) is 19.1 Å². The lowest BCUT2D eigenvalue weighted by molar-refractivity contribution is -0.182. The molecule has 4 rings (SSSR count). The minimum Gasteiger partial charge on any atom is -0.484 e. The summed E-state index contributed by atoms with van der Waals surface area (Å²) in [7, 11) is 0. The van der Waals surface area contributed by atoms with E-state index in [4.69, 9.17) is 14.2 Å². The van der Waals surface area contributed by atoms with Gasteiger partial charge in [-0.1, -0.05) is 18.2 Å². The van der Waals surface area contributed by atoms with Crippen LogP contribution in [0.5, 0.6) is 5.75 Å². The maximum absolute atomic E-state index is 13.2. The van der Waals surface area contributed by atoms with Gasteiger partial charge in [0.2, 0.25) is 0 Å². The maximum atomic E-state index is 13.2. The van der Waals surface area contributed by atoms with E-state index in [1.807, 2.05) is 35.2 Å². The van der Waals surface area contributed by atoms with Gasteiger partial charge in [-0.05, 0) is 30.9 Å². The van der Waals surface area contributed by atoms with E-state index in [-0.39, 0.29) is 18.4 Å². The van der Waals surface area contributed by atoms with Crippen molar-refractivity contribution in [2.24, 2.45) is 5.92 Å². The van der Waals surface area contributed by atoms with Crippen molar-refractivity contribution in [3.05, 3.63) is 30.3 Å². The number of morpholine rings is 1. The summed E-state index contributed by atoms with van der Waals surface area (Å²) in [6, 6.07) is 9.33. The monoisotopic (exact) mass is 402 g/mol. The zero-order valence-corrected chi connectivity index (χ0v) is 16.9. The van der Waals surface area contributed by atoms with Gasteiger partial charge in [0.15, 0.2) is 6.61 Å². The smallest absolute Gasteiger partial charge is 0.260 e. The number of piperidine rings is 1. The Kier molecular flexibility index (Phi) is 6.35. The van der Waals surface area contributed by atoms with Gasteiger partial charge < -0.3 is 24.0 Å². The number of benzene rings is 1. The maximum Gasteiger partial charge on any atom is 0.260 e. The summed E-state index contributed by atoms with van der Waals surface area (Å²) in [6.07, 6.45) is 3.13. The molecule has 3 fully saturated rings. The van der Waals surface area contributed by atoms with Crippen molar-refractivity contribution >= 4 is 11.8 Å². The number of likely N-dealkylation sites (tertiary alicyclic amines) is 1. The average Bonchev–Trinajstić information content (AvgIpc) is 2.77. The van der Waals surface area contributed by atoms with E-state index in [0.29, 0.717) is 50.8 Å². The second kappa shape index (κ2) is 9.13. The lowest BCUT2D eigenvalue weighted by atomic mass is 9.87. The molecule has 2 amide bonds. The van der Waals surface area contributed by atoms with E-state index in [2.05, 4.69) is 0 Å². The number of nitrogens with zero attached hydrogens (tertiary/aromatic N) is 2. The molecule has 3 heterocycles. The molecule has 3 aliphatic heterocycles. The minimum absolute atomic E-state index is 0.0156. The average molecular weight is 402 g/mol. The molecule has 0 atom stereocenters. The van der Waals surface area contributed by atoms with E-state index < -0.39 is 5.60 Å². The number of ether oxygens (including phenoxy) is 3. The second-order valence-electron chi connectivity index (χ2n) is 8.13. The Labute approximate surface area is 171 Å². The summed E-state index contributed by atoms with van der Waals surface area (Å²) < 4.78 is 17.0. The third-order valence-electron chi connectivity index (χ3n) is 6.27. The predicted molar refractivity (Wildman–Crippen MR) is 107 cm³/mol. The number of hydrogen-bond donors (Lipinski definition) is 0. The first-order valence-electron chi connectivity index (χ1n) is 10.6. The molecule has 0 unspecified atom stereocenters. The Morgan fingerprint density at radius 1 is 1.07 bits per heavy atom. The number of para-hydroxylation sites is 1. The number of rotatable bonds is 5. The first-order chi connectivity index (χ1) is 14.2. The summed E-state index contributed by atoms with van der Waals surface area (Å²) in [6.45, 7) is 4.66. The van der Waals surface area contributed by atoms with Gasteiger partial charge in [0, 0.05) is 52.2 Å². The van der Waals surface area contributed by atoms with Crippen LogP contribution < -0.4 is 4.74 Å². The first-order valence-corrected chi connectivity index (χ1v) is 10.6. The van der Waals surface area contributed by atoms with Crippen LogP contribution in [0.3, 0.4) is 0 Å². The molecule has 0 aliphatic carbocycles. The largest absolute Gasteiger partial charge is 0.484 e. The van der Waals surface area contributed by atoms with E-state index >= 15 is 0 Å². The highest BCUT2D eigenvalue weighted by atomic mass is 16.5. The molecule has 1 spiro atoms. The number of carbonyl (C=O) groups is 2. The van der Waals surface area contributed by atoms with Crippen molar-refractivity contribution in [1.82, 2.24) is 9.80 Å². The molecule has 7 heteroatoms. The van der Waals surface area contributed by atoms with E-state index in [1.165, 1.54) is 0 Å². The first kappa shape index (κ1) is 20.2. The van der Waals surface area contributed by atoms with Crippen LogP contribution in [0.1, 0.15) is 25.7 Å². The van der Waals surface area contributed by atoms with Crippen LogP contribution in [0.25, 0.3) is 0 Å². The summed E-state index contributed by atoms with van der Waals surface area (Å²) in [5, 5.41) is 0. The number of carbonyl (C=O) groups excluding carboxylic acids is 2. The molecule has 3 aliphatic rings. The van der Waals surface area contributed by atoms with Crippen LogP contribution >= 0.6 is 0 Å². The van der Waals surface area contributed by atoms with Crippen LogP contribution in [0.4, 0.5) is 0 Å². The van der Waals surface area contributed by atoms with Gasteiger partial charge in [-0.3, -0.25) is 9.59 Å². The highest BCUT2D eigenvalue weighted by Gasteiger charge is 2.48. The lowest BCUT2D eigenvalue weighted by Crippen LogP contribution is -2.62. The quantitative estimate of drug-likeness (QED) is 0.750. The third kappa shape index (κ3) is 4.73. The Hall–Kier alpha value is -2.12. The van der Waals surface area contributed by atoms with Crippen LogP contribution in [-0.4, -0.2) is 79.8 Å². The molecular formula is C22H30N2O5. The molecule has 1 aromatic carbocycles. The summed E-state index contributed by atoms with van der Waals surface area (Å²) in [5.41, 5.74) is -0.763. The Bertz CT molecular complexity index is 696. The van der Waals surface area contributed by atoms with Crippen molar-refractivity contribution in [3.8, 4) is 5.75 Å². The molecule has 158 valence electrons. The Morgan fingerprint density at radius 2 is 1.79 bits per heavy atom. The van der Waals surface area contributed by atoms with Crippen LogP contribution in [0, 0.1) is 5.92 Å². The Morgan fingerprint density at radius 3 is 2.52 bits per heavy atom. The molecule has 0 radical (unpaired) electrons. The molecule has 1 aromatic rings. The molecule has 0 aromatic heterocycles. The van der Waals surface area contributed by atoms with Crippen molar-refractivity contribution in [1.29, 1.82) is 0 Å². The fourth-order valence-corrected chi connectivity index (χ4v) is 4.45. The van der Waals surface area contributed by atoms with E-state index in [0.717, 1.165) is 32.6 Å². The third-order valence-corrected chi connectivity index (χ3v) is 6.27. The summed E-state index contributed by atoms with van der Waals surface area (Å²) >= 11 is 0. The summed E-state index contributed by atoms with van der Waals surface area (Å²) in [4.78, 5) is 29.5. The van der Waals surface area contributed by atoms with Crippen LogP contribution in [0.2, 0.25) is 0 Å². The SMILES string of the molecule is O=C(COc1ccccc1)N1CCC2(CC1)OCCN(CC1CCOCC1)C2=O. The molecule has 3 saturated heterocycles. The standard InChI is InChI=1S/C22H30N2O5/c25-20(17-28-19-4-2-1-3-5-19)23-10-8-22(9-11-23)21(26)24(12-15-29-22)16-18-6-13-27-14-7-18/h1-5,18H,6-17H2. The van der Waals surface area contributed by atoms with Gasteiger partial charge in [0.1, 0.15) is 11.4 Å². The Balaban J connectivity index is 1.29. The van der Waals surface area contributed by atoms with Crippen molar-refractivity contribution in [2.45, 2.75) is 31.3 Å². The predicted octanol–water partition coefficient (Wildman–Crippen LogP) is 1.71. The fourth-order valence-electron chi connectivity index (χ4n) is 4.45. The normalized spacial score (nSPS) is 22.7. The molecule has 0 saturated carbocycles. The second-order valence-corrected chi connectivity index (χ2v) is 8.13. The fraction of sp³-hybridized carbons (Fsp3) is 0.636. The van der Waals surface area contributed by atoms with Crippen molar-refractivity contribution < 1.29 is 23.8 Å². The minimum atomic E-state index is -0.763. The molecule has 0 bridgehead atoms. The molecular weight excluding hydrogens is 372 g/mol. The number of amides is 2. The van der Waals surface area contributed by atoms with E-state index in [9.17, 15) is 9.59 Å². The zero-order chi connectivity index (χ0) is 20.1. The topological polar surface area (TPSA) is 68.3 Å². The van der Waals surface area contributed by atoms with Gasteiger partial charge in [-0.25, -0.2) is 0 Å². The molecule has 0 N–H and O–H groups in total. The van der Waals surface area contributed by atoms with Gasteiger partial charge >= 0.3 is 0 Å². The van der Waals surface area contributed by atoms with Crippen molar-refractivity contribution in [2.75, 3.05) is 52.6 Å². The van der Waals surface area contributed by atoms with Crippen LogP contribution in [0.15, 0.2) is 30.3 Å². The van der Waals surface area contributed by atoms with Crippen molar-refractivity contribution in [3.63, 3.8) is 0 Å².